The van der Waals surface area contributed by atoms with Gasteiger partial charge in [0.25, 0.3) is 0 Å². The van der Waals surface area contributed by atoms with Crippen molar-refractivity contribution in [1.82, 2.24) is 19.8 Å². The number of alkyl halides is 3. The van der Waals surface area contributed by atoms with Crippen LogP contribution >= 0.6 is 23.1 Å². The Labute approximate surface area is 273 Å². The first-order chi connectivity index (χ1) is 21.1. The van der Waals surface area contributed by atoms with Gasteiger partial charge in [-0.15, -0.1) is 0 Å². The molecule has 0 bridgehead atoms. The summed E-state index contributed by atoms with van der Waals surface area (Å²) in [6.07, 6.45) is -3.58. The van der Waals surface area contributed by atoms with Crippen molar-refractivity contribution < 1.29 is 41.7 Å². The van der Waals surface area contributed by atoms with Gasteiger partial charge in [0, 0.05) is 0 Å². The van der Waals surface area contributed by atoms with Crippen LogP contribution in [0.25, 0.3) is 21.5 Å². The van der Waals surface area contributed by atoms with E-state index >= 15 is 13.2 Å². The van der Waals surface area contributed by atoms with Gasteiger partial charge in [0.15, 0.2) is 0 Å². The summed E-state index contributed by atoms with van der Waals surface area (Å²) in [6, 6.07) is 0.333. The van der Waals surface area contributed by atoms with Crippen LogP contribution in [-0.2, 0) is 36.1 Å². The monoisotopic (exact) mass is 724 g/mol. The first-order valence-corrected chi connectivity index (χ1v) is 18.2. The molecule has 4 N–H and O–H groups in total. The number of hydrogen-bond acceptors (Lipinski definition) is 9. The molecular formula is C28H30CoF3N7O3S3. The van der Waals surface area contributed by atoms with Gasteiger partial charge in [0.05, 0.1) is 0 Å². The summed E-state index contributed by atoms with van der Waals surface area (Å²) < 4.78 is 70.0. The van der Waals surface area contributed by atoms with Crippen LogP contribution in [0.3, 0.4) is 0 Å². The zero-order chi connectivity index (χ0) is 32.6. The van der Waals surface area contributed by atoms with Crippen molar-refractivity contribution in [2.24, 2.45) is 5.41 Å². The number of imidazole rings is 1. The molecule has 3 aliphatic heterocycles. The van der Waals surface area contributed by atoms with Gasteiger partial charge in [-0.05, 0) is 0 Å². The molecule has 2 saturated heterocycles. The molecule has 6 rings (SSSR count). The number of nitrogens with two attached hydrogens (primary N) is 1. The molecule has 3 aliphatic rings. The predicted octanol–water partition coefficient (Wildman–Crippen LogP) is 3.96. The SMILES string of the molecule is C=CC(=O)N1[C@H](C)CN(C(=N)c2cc(C(F)(F)F)c(-c3csc4nc(N)[nH]c34)c3c2N([CH]=[Co])CC2(CS3)CS(=O)(=O)C2)C[C@@H]1C. The van der Waals surface area contributed by atoms with Gasteiger partial charge in [0.1, 0.15) is 0 Å². The van der Waals surface area contributed by atoms with E-state index in [1.165, 1.54) is 22.9 Å². The molecule has 10 nitrogen and oxygen atoms in total. The number of halogens is 3. The minimum absolute atomic E-state index is 0.0374. The quantitative estimate of drug-likeness (QED) is 0.209. The number of hydrogen-bond donors (Lipinski definition) is 3. The van der Waals surface area contributed by atoms with E-state index in [4.69, 9.17) is 5.73 Å². The predicted molar refractivity (Wildman–Crippen MR) is 168 cm³/mol. The molecule has 1 spiro atoms. The Kier molecular flexibility index (Phi) is 7.94. The number of H-pyrrole nitrogens is 1. The molecule has 0 aliphatic carbocycles. The second-order valence-electron chi connectivity index (χ2n) is 11.9. The molecule has 1 aromatic carbocycles. The van der Waals surface area contributed by atoms with Crippen LogP contribution in [0.5, 0.6) is 0 Å². The fourth-order valence-corrected chi connectivity index (χ4v) is 11.8. The number of rotatable bonds is 4. The van der Waals surface area contributed by atoms with Gasteiger partial charge in [-0.2, -0.15) is 0 Å². The number of piperazine rings is 1. The van der Waals surface area contributed by atoms with Gasteiger partial charge < -0.3 is 0 Å². The standard InChI is InChI=1S/C28H30F3N7O3S3.Co/c1-5-19(39)38-14(2)7-37(8-15(38)3)24(32)16-6-18(28(29,30)31)20(17-9-42-25-21(17)34-26(33)35-25)23-22(16)36(4)10-27(11-43-23)12-44(40,41)13-27;/h4-6,9,14-15,32H,1,7-8,10-13H2,2-3H3,(H3,33,34,35);/t14-,15+;. The Morgan fingerprint density at radius 3 is 2.53 bits per heavy atom. The molecule has 0 saturated carbocycles. The van der Waals surface area contributed by atoms with E-state index in [0.717, 1.165) is 17.4 Å². The third kappa shape index (κ3) is 5.49. The molecule has 17 heteroatoms. The van der Waals surface area contributed by atoms with Crippen molar-refractivity contribution in [1.29, 1.82) is 5.41 Å². The number of amidine groups is 1. The summed E-state index contributed by atoms with van der Waals surface area (Å²) in [6.45, 7) is 7.86. The molecule has 0 unspecified atom stereocenters. The van der Waals surface area contributed by atoms with Crippen LogP contribution in [0, 0.1) is 10.8 Å². The van der Waals surface area contributed by atoms with Gasteiger partial charge >= 0.3 is 275 Å². The van der Waals surface area contributed by atoms with Crippen LogP contribution in [0.15, 0.2) is 29.0 Å². The molecule has 2 aromatic heterocycles. The number of amides is 1. The number of thiophene rings is 1. The van der Waals surface area contributed by atoms with Crippen molar-refractivity contribution in [3.05, 3.63) is 35.2 Å². The topological polar surface area (TPSA) is 139 Å². The molecule has 5 heterocycles. The molecule has 243 valence electrons. The van der Waals surface area contributed by atoms with Gasteiger partial charge in [-0.3, -0.25) is 0 Å². The molecule has 3 aromatic rings. The van der Waals surface area contributed by atoms with Gasteiger partial charge in [-0.1, -0.05) is 0 Å². The number of anilines is 2. The second-order valence-corrected chi connectivity index (χ2v) is 16.1. The summed E-state index contributed by atoms with van der Waals surface area (Å²) in [4.78, 5) is 25.3. The number of aromatic amines is 1. The number of aromatic nitrogens is 2. The van der Waals surface area contributed by atoms with Crippen LogP contribution < -0.4 is 10.6 Å². The van der Waals surface area contributed by atoms with Crippen LogP contribution in [-0.4, -0.2) is 94.0 Å². The summed E-state index contributed by atoms with van der Waals surface area (Å²) in [5.74, 6) is -0.253. The molecule has 2 atom stereocenters. The first-order valence-electron chi connectivity index (χ1n) is 13.9. The Balaban J connectivity index is 1.57. The molecule has 0 radical (unpaired) electrons. The maximum absolute atomic E-state index is 15.1. The van der Waals surface area contributed by atoms with Crippen LogP contribution in [0.2, 0.25) is 0 Å². The fraction of sp³-hybridized carbons (Fsp3) is 0.429. The number of nitrogen functional groups attached to an aromatic ring is 1. The van der Waals surface area contributed by atoms with E-state index in [-0.39, 0.29) is 88.3 Å². The summed E-state index contributed by atoms with van der Waals surface area (Å²) in [5.41, 5.74) is 5.16. The molecule has 45 heavy (non-hydrogen) atoms. The Hall–Kier alpha value is -2.86. The summed E-state index contributed by atoms with van der Waals surface area (Å²) in [7, 11) is -3.28. The molecular weight excluding hydrogens is 694 g/mol. The minimum atomic E-state index is -4.81. The van der Waals surface area contributed by atoms with E-state index in [1.807, 2.05) is 13.8 Å². The van der Waals surface area contributed by atoms with E-state index in [9.17, 15) is 18.6 Å². The van der Waals surface area contributed by atoms with Crippen LogP contribution in [0.4, 0.5) is 24.8 Å². The van der Waals surface area contributed by atoms with E-state index < -0.39 is 27.0 Å². The number of thioether (sulfide) groups is 1. The number of sulfone groups is 1. The van der Waals surface area contributed by atoms with Crippen molar-refractivity contribution in [3.8, 4) is 11.1 Å². The zero-order valence-corrected chi connectivity index (χ0v) is 27.7. The van der Waals surface area contributed by atoms with Crippen molar-refractivity contribution in [2.45, 2.75) is 37.0 Å². The number of fused-ring (bicyclic) bond motifs is 2. The average Bonchev–Trinajstić information content (AvgIpc) is 3.45. The van der Waals surface area contributed by atoms with E-state index in [0.29, 0.717) is 16.0 Å². The van der Waals surface area contributed by atoms with Crippen molar-refractivity contribution in [2.75, 3.05) is 47.5 Å². The molecule has 1 amide bonds. The van der Waals surface area contributed by atoms with Gasteiger partial charge in [0.2, 0.25) is 0 Å². The normalized spacial score (nSPS) is 22.6. The number of carbonyl (C=O) groups is 1. The third-order valence-corrected chi connectivity index (χ3v) is 13.2. The van der Waals surface area contributed by atoms with Crippen molar-refractivity contribution in [3.63, 3.8) is 0 Å². The molecule has 2 fully saturated rings. The Bertz CT molecular complexity index is 1850. The average molecular weight is 725 g/mol. The van der Waals surface area contributed by atoms with E-state index in [2.05, 4.69) is 31.8 Å². The fourth-order valence-electron chi connectivity index (χ4n) is 6.81. The third-order valence-electron chi connectivity index (χ3n) is 8.47. The Morgan fingerprint density at radius 2 is 1.96 bits per heavy atom. The second kappa shape index (κ2) is 11.1. The Morgan fingerprint density at radius 1 is 1.29 bits per heavy atom. The number of nitrogens with one attached hydrogen (secondary N) is 2. The maximum atomic E-state index is 15.1. The van der Waals surface area contributed by atoms with E-state index in [1.54, 1.807) is 20.1 Å². The number of benzene rings is 1. The summed E-state index contributed by atoms with van der Waals surface area (Å²) in [5, 5.41) is 12.4. The number of carbonyl (C=O) groups excluding carboxylic acids is 1. The zero-order valence-electron chi connectivity index (χ0n) is 24.2. The van der Waals surface area contributed by atoms with Crippen LogP contribution in [0.1, 0.15) is 25.0 Å². The number of nitrogens with zero attached hydrogens (tertiary/aromatic N) is 4. The first kappa shape index (κ1) is 32.1. The van der Waals surface area contributed by atoms with Gasteiger partial charge in [-0.25, -0.2) is 0 Å². The summed E-state index contributed by atoms with van der Waals surface area (Å²) >= 11 is 6.83. The van der Waals surface area contributed by atoms with Crippen molar-refractivity contribution >= 4 is 71.7 Å².